The van der Waals surface area contributed by atoms with Crippen molar-refractivity contribution in [2.24, 2.45) is 5.92 Å². The fraction of sp³-hybridized carbons (Fsp3) is 0.400. The van der Waals surface area contributed by atoms with E-state index >= 15 is 0 Å². The molecule has 1 N–H and O–H groups in total. The predicted molar refractivity (Wildman–Crippen MR) is 121 cm³/mol. The fourth-order valence-electron chi connectivity index (χ4n) is 4.47. The topological polar surface area (TPSA) is 69.7 Å². The summed E-state index contributed by atoms with van der Waals surface area (Å²) in [4.78, 5) is 42.1. The Morgan fingerprint density at radius 1 is 0.968 bits per heavy atom. The van der Waals surface area contributed by atoms with Gasteiger partial charge < -0.3 is 15.1 Å². The number of anilines is 2. The van der Waals surface area contributed by atoms with Crippen molar-refractivity contribution in [3.05, 3.63) is 58.7 Å². The third kappa shape index (κ3) is 4.07. The van der Waals surface area contributed by atoms with E-state index in [1.54, 1.807) is 11.0 Å². The zero-order chi connectivity index (χ0) is 22.1. The normalized spacial score (nSPS) is 18.5. The maximum Gasteiger partial charge on any atom is 0.254 e. The van der Waals surface area contributed by atoms with Gasteiger partial charge in [-0.1, -0.05) is 18.2 Å². The van der Waals surface area contributed by atoms with E-state index in [1.165, 1.54) is 0 Å². The first-order valence-corrected chi connectivity index (χ1v) is 10.9. The molecule has 0 radical (unpaired) electrons. The van der Waals surface area contributed by atoms with Crippen LogP contribution < -0.4 is 10.2 Å². The number of hydrogen-bond donors (Lipinski definition) is 1. The highest BCUT2D eigenvalue weighted by molar-refractivity contribution is 6.05. The van der Waals surface area contributed by atoms with Crippen molar-refractivity contribution in [2.45, 2.75) is 40.0 Å². The van der Waals surface area contributed by atoms with Crippen LogP contribution in [0.4, 0.5) is 11.4 Å². The van der Waals surface area contributed by atoms with Crippen LogP contribution in [0.5, 0.6) is 0 Å². The van der Waals surface area contributed by atoms with Gasteiger partial charge in [-0.25, -0.2) is 0 Å². The minimum atomic E-state index is -0.426. The number of rotatable bonds is 4. The molecule has 3 amide bonds. The summed E-state index contributed by atoms with van der Waals surface area (Å²) < 4.78 is 0. The molecule has 1 unspecified atom stereocenters. The summed E-state index contributed by atoms with van der Waals surface area (Å²) in [5, 5.41) is 2.97. The lowest BCUT2D eigenvalue weighted by Crippen LogP contribution is -2.30. The molecule has 0 spiro atoms. The van der Waals surface area contributed by atoms with Crippen LogP contribution in [-0.4, -0.2) is 42.3 Å². The molecule has 2 aromatic rings. The Morgan fingerprint density at radius 3 is 2.42 bits per heavy atom. The van der Waals surface area contributed by atoms with E-state index in [0.717, 1.165) is 48.3 Å². The minimum Gasteiger partial charge on any atom is -0.339 e. The summed E-state index contributed by atoms with van der Waals surface area (Å²) in [6, 6.07) is 11.3. The van der Waals surface area contributed by atoms with Crippen molar-refractivity contribution in [1.29, 1.82) is 0 Å². The van der Waals surface area contributed by atoms with Gasteiger partial charge in [-0.3, -0.25) is 14.4 Å². The van der Waals surface area contributed by atoms with E-state index in [4.69, 9.17) is 0 Å². The first-order valence-electron chi connectivity index (χ1n) is 10.9. The van der Waals surface area contributed by atoms with Crippen LogP contribution in [0.15, 0.2) is 36.4 Å². The summed E-state index contributed by atoms with van der Waals surface area (Å²) in [6.45, 7) is 7.81. The molecule has 2 aliphatic rings. The molecule has 2 saturated heterocycles. The second-order valence-corrected chi connectivity index (χ2v) is 8.59. The molecule has 4 rings (SSSR count). The van der Waals surface area contributed by atoms with Crippen LogP contribution in [0.1, 0.15) is 46.3 Å². The molecule has 2 aromatic carbocycles. The molecule has 0 bridgehead atoms. The quantitative estimate of drug-likeness (QED) is 0.819. The largest absolute Gasteiger partial charge is 0.339 e. The second-order valence-electron chi connectivity index (χ2n) is 8.59. The van der Waals surface area contributed by atoms with Gasteiger partial charge in [0.2, 0.25) is 11.8 Å². The third-order valence-corrected chi connectivity index (χ3v) is 6.58. The van der Waals surface area contributed by atoms with E-state index < -0.39 is 5.92 Å². The summed E-state index contributed by atoms with van der Waals surface area (Å²) >= 11 is 0. The Bertz CT molecular complexity index is 1040. The highest BCUT2D eigenvalue weighted by Gasteiger charge is 2.36. The summed E-state index contributed by atoms with van der Waals surface area (Å²) in [7, 11) is 0. The van der Waals surface area contributed by atoms with Gasteiger partial charge in [0.05, 0.1) is 5.92 Å². The standard InChI is InChI=1S/C25H29N3O3/c1-16-8-6-11-22(17(16)2)28-15-19(14-23(28)29)24(30)26-21-10-7-9-20(18(21)3)25(31)27-12-4-5-13-27/h6-11,19H,4-5,12-15H2,1-3H3,(H,26,30). The van der Waals surface area contributed by atoms with Gasteiger partial charge in [-0.2, -0.15) is 0 Å². The van der Waals surface area contributed by atoms with Crippen LogP contribution in [-0.2, 0) is 9.59 Å². The van der Waals surface area contributed by atoms with Crippen molar-refractivity contribution in [2.75, 3.05) is 29.9 Å². The van der Waals surface area contributed by atoms with Crippen molar-refractivity contribution in [3.8, 4) is 0 Å². The second kappa shape index (κ2) is 8.53. The van der Waals surface area contributed by atoms with Crippen molar-refractivity contribution in [1.82, 2.24) is 4.90 Å². The lowest BCUT2D eigenvalue weighted by molar-refractivity contribution is -0.122. The van der Waals surface area contributed by atoms with Crippen molar-refractivity contribution < 1.29 is 14.4 Å². The average molecular weight is 420 g/mol. The molecule has 0 aliphatic carbocycles. The molecule has 2 aliphatic heterocycles. The average Bonchev–Trinajstić information content (AvgIpc) is 3.41. The SMILES string of the molecule is Cc1cccc(N2CC(C(=O)Nc3cccc(C(=O)N4CCCC4)c3C)CC2=O)c1C. The molecular weight excluding hydrogens is 390 g/mol. The monoisotopic (exact) mass is 419 g/mol. The van der Waals surface area contributed by atoms with Gasteiger partial charge in [-0.15, -0.1) is 0 Å². The Morgan fingerprint density at radius 2 is 1.68 bits per heavy atom. The van der Waals surface area contributed by atoms with Crippen LogP contribution in [0.2, 0.25) is 0 Å². The number of nitrogens with zero attached hydrogens (tertiary/aromatic N) is 2. The number of hydrogen-bond acceptors (Lipinski definition) is 3. The molecule has 0 saturated carbocycles. The molecule has 31 heavy (non-hydrogen) atoms. The van der Waals surface area contributed by atoms with Gasteiger partial charge in [0, 0.05) is 43.0 Å². The zero-order valence-corrected chi connectivity index (χ0v) is 18.4. The highest BCUT2D eigenvalue weighted by Crippen LogP contribution is 2.30. The predicted octanol–water partition coefficient (Wildman–Crippen LogP) is 3.84. The van der Waals surface area contributed by atoms with Gasteiger partial charge in [-0.05, 0) is 68.5 Å². The Kier molecular flexibility index (Phi) is 5.81. The lowest BCUT2D eigenvalue weighted by Gasteiger charge is -2.21. The maximum atomic E-state index is 13.0. The number of carbonyl (C=O) groups is 3. The first-order chi connectivity index (χ1) is 14.9. The molecule has 6 heteroatoms. The van der Waals surface area contributed by atoms with Gasteiger partial charge >= 0.3 is 0 Å². The molecule has 2 fully saturated rings. The van der Waals surface area contributed by atoms with Gasteiger partial charge in [0.15, 0.2) is 0 Å². The minimum absolute atomic E-state index is 0.0169. The lowest BCUT2D eigenvalue weighted by atomic mass is 10.0. The molecule has 2 heterocycles. The summed E-state index contributed by atoms with van der Waals surface area (Å²) in [5.41, 5.74) is 5.07. The smallest absolute Gasteiger partial charge is 0.254 e. The molecule has 162 valence electrons. The Labute approximate surface area is 183 Å². The van der Waals surface area contributed by atoms with E-state index in [-0.39, 0.29) is 24.1 Å². The summed E-state index contributed by atoms with van der Waals surface area (Å²) in [5.74, 6) is -0.633. The van der Waals surface area contributed by atoms with Crippen LogP contribution in [0.25, 0.3) is 0 Å². The number of likely N-dealkylation sites (tertiary alicyclic amines) is 1. The molecular formula is C25H29N3O3. The Hall–Kier alpha value is -3.15. The van der Waals surface area contributed by atoms with E-state index in [1.807, 2.05) is 56.0 Å². The van der Waals surface area contributed by atoms with Crippen molar-refractivity contribution >= 4 is 29.1 Å². The van der Waals surface area contributed by atoms with Crippen LogP contribution in [0, 0.1) is 26.7 Å². The van der Waals surface area contributed by atoms with E-state index in [2.05, 4.69) is 5.32 Å². The van der Waals surface area contributed by atoms with Crippen LogP contribution in [0.3, 0.4) is 0 Å². The number of aryl methyl sites for hydroxylation is 1. The van der Waals surface area contributed by atoms with Gasteiger partial charge in [0.25, 0.3) is 5.91 Å². The fourth-order valence-corrected chi connectivity index (χ4v) is 4.47. The maximum absolute atomic E-state index is 13.0. The molecule has 1 atom stereocenters. The molecule has 0 aromatic heterocycles. The van der Waals surface area contributed by atoms with Crippen LogP contribution >= 0.6 is 0 Å². The van der Waals surface area contributed by atoms with E-state index in [0.29, 0.717) is 17.8 Å². The first kappa shape index (κ1) is 21.1. The third-order valence-electron chi connectivity index (χ3n) is 6.58. The number of amides is 3. The van der Waals surface area contributed by atoms with Crippen molar-refractivity contribution in [3.63, 3.8) is 0 Å². The zero-order valence-electron chi connectivity index (χ0n) is 18.4. The number of benzene rings is 2. The Balaban J connectivity index is 1.49. The van der Waals surface area contributed by atoms with E-state index in [9.17, 15) is 14.4 Å². The number of carbonyl (C=O) groups excluding carboxylic acids is 3. The number of nitrogens with one attached hydrogen (secondary N) is 1. The van der Waals surface area contributed by atoms with Gasteiger partial charge in [0.1, 0.15) is 0 Å². The summed E-state index contributed by atoms with van der Waals surface area (Å²) in [6.07, 6.45) is 2.26. The highest BCUT2D eigenvalue weighted by atomic mass is 16.2. The molecule has 6 nitrogen and oxygen atoms in total.